The SMILES string of the molecule is CCCNCc1ccc(N2CCNC(=O)CC2)c(Cl)c1. The summed E-state index contributed by atoms with van der Waals surface area (Å²) in [5.74, 6) is 0.115. The normalized spacial score (nSPS) is 15.9. The lowest BCUT2D eigenvalue weighted by molar-refractivity contribution is -0.120. The Morgan fingerprint density at radius 2 is 2.25 bits per heavy atom. The van der Waals surface area contributed by atoms with Crippen molar-refractivity contribution in [2.24, 2.45) is 0 Å². The topological polar surface area (TPSA) is 44.4 Å². The number of nitrogens with one attached hydrogen (secondary N) is 2. The zero-order valence-corrected chi connectivity index (χ0v) is 12.7. The summed E-state index contributed by atoms with van der Waals surface area (Å²) >= 11 is 6.39. The lowest BCUT2D eigenvalue weighted by Gasteiger charge is -2.23. The van der Waals surface area contributed by atoms with Crippen molar-refractivity contribution >= 4 is 23.2 Å². The molecule has 1 heterocycles. The van der Waals surface area contributed by atoms with Crippen molar-refractivity contribution in [3.63, 3.8) is 0 Å². The van der Waals surface area contributed by atoms with Crippen LogP contribution in [0.5, 0.6) is 0 Å². The summed E-state index contributed by atoms with van der Waals surface area (Å²) < 4.78 is 0. The molecule has 5 heteroatoms. The van der Waals surface area contributed by atoms with Crippen LogP contribution in [0.15, 0.2) is 18.2 Å². The van der Waals surface area contributed by atoms with E-state index in [0.717, 1.165) is 43.3 Å². The maximum atomic E-state index is 11.4. The molecule has 1 saturated heterocycles. The van der Waals surface area contributed by atoms with Crippen molar-refractivity contribution in [2.75, 3.05) is 31.1 Å². The van der Waals surface area contributed by atoms with E-state index in [-0.39, 0.29) is 5.91 Å². The largest absolute Gasteiger partial charge is 0.368 e. The summed E-state index contributed by atoms with van der Waals surface area (Å²) in [6, 6.07) is 6.17. The van der Waals surface area contributed by atoms with Gasteiger partial charge in [-0.25, -0.2) is 0 Å². The molecule has 2 N–H and O–H groups in total. The molecule has 1 aromatic carbocycles. The fourth-order valence-corrected chi connectivity index (χ4v) is 2.66. The van der Waals surface area contributed by atoms with Gasteiger partial charge in [0.05, 0.1) is 10.7 Å². The van der Waals surface area contributed by atoms with E-state index >= 15 is 0 Å². The summed E-state index contributed by atoms with van der Waals surface area (Å²) in [5, 5.41) is 7.00. The molecule has 110 valence electrons. The van der Waals surface area contributed by atoms with E-state index in [1.807, 2.05) is 6.07 Å². The average molecular weight is 296 g/mol. The molecule has 2 rings (SSSR count). The van der Waals surface area contributed by atoms with Crippen LogP contribution in [0.25, 0.3) is 0 Å². The minimum absolute atomic E-state index is 0.115. The molecule has 0 aliphatic carbocycles. The van der Waals surface area contributed by atoms with Crippen LogP contribution < -0.4 is 15.5 Å². The Kier molecular flexibility index (Phi) is 5.68. The molecule has 0 unspecified atom stereocenters. The summed E-state index contributed by atoms with van der Waals surface area (Å²) in [6.07, 6.45) is 1.65. The second-order valence-corrected chi connectivity index (χ2v) is 5.46. The molecule has 0 saturated carbocycles. The highest BCUT2D eigenvalue weighted by Gasteiger charge is 2.16. The van der Waals surface area contributed by atoms with Crippen molar-refractivity contribution in [1.82, 2.24) is 10.6 Å². The maximum absolute atomic E-state index is 11.4. The van der Waals surface area contributed by atoms with Crippen LogP contribution in [0.2, 0.25) is 5.02 Å². The molecule has 1 aliphatic heterocycles. The van der Waals surface area contributed by atoms with Crippen molar-refractivity contribution in [3.8, 4) is 0 Å². The molecule has 1 aromatic rings. The Labute approximate surface area is 125 Å². The van der Waals surface area contributed by atoms with Gasteiger partial charge in [-0.3, -0.25) is 4.79 Å². The molecule has 20 heavy (non-hydrogen) atoms. The van der Waals surface area contributed by atoms with Crippen LogP contribution in [-0.2, 0) is 11.3 Å². The van der Waals surface area contributed by atoms with Gasteiger partial charge in [0.25, 0.3) is 0 Å². The summed E-state index contributed by atoms with van der Waals surface area (Å²) in [4.78, 5) is 13.5. The van der Waals surface area contributed by atoms with Crippen molar-refractivity contribution < 1.29 is 4.79 Å². The van der Waals surface area contributed by atoms with Gasteiger partial charge in [0, 0.05) is 32.6 Å². The third-order valence-electron chi connectivity index (χ3n) is 3.42. The number of benzene rings is 1. The van der Waals surface area contributed by atoms with Gasteiger partial charge in [0.2, 0.25) is 5.91 Å². The van der Waals surface area contributed by atoms with Crippen LogP contribution in [-0.4, -0.2) is 32.1 Å². The lowest BCUT2D eigenvalue weighted by Crippen LogP contribution is -2.28. The third-order valence-corrected chi connectivity index (χ3v) is 3.72. The zero-order chi connectivity index (χ0) is 14.4. The number of amides is 1. The van der Waals surface area contributed by atoms with Crippen molar-refractivity contribution in [2.45, 2.75) is 26.3 Å². The number of halogens is 1. The Morgan fingerprint density at radius 3 is 3.00 bits per heavy atom. The Balaban J connectivity index is 2.03. The summed E-state index contributed by atoms with van der Waals surface area (Å²) in [7, 11) is 0. The van der Waals surface area contributed by atoms with Gasteiger partial charge in [-0.05, 0) is 30.7 Å². The fraction of sp³-hybridized carbons (Fsp3) is 0.533. The zero-order valence-electron chi connectivity index (χ0n) is 11.9. The Bertz CT molecular complexity index is 464. The van der Waals surface area contributed by atoms with E-state index in [9.17, 15) is 4.79 Å². The van der Waals surface area contributed by atoms with E-state index < -0.39 is 0 Å². The van der Waals surface area contributed by atoms with Crippen LogP contribution in [0.1, 0.15) is 25.3 Å². The number of hydrogen-bond donors (Lipinski definition) is 2. The first-order valence-electron chi connectivity index (χ1n) is 7.21. The van der Waals surface area contributed by atoms with Crippen LogP contribution in [0.3, 0.4) is 0 Å². The molecule has 0 spiro atoms. The number of hydrogen-bond acceptors (Lipinski definition) is 3. The smallest absolute Gasteiger partial charge is 0.221 e. The van der Waals surface area contributed by atoms with Crippen LogP contribution >= 0.6 is 11.6 Å². The highest BCUT2D eigenvalue weighted by Crippen LogP contribution is 2.27. The number of carbonyl (C=O) groups is 1. The van der Waals surface area contributed by atoms with Gasteiger partial charge in [-0.1, -0.05) is 24.6 Å². The van der Waals surface area contributed by atoms with E-state index in [0.29, 0.717) is 13.0 Å². The highest BCUT2D eigenvalue weighted by atomic mass is 35.5. The van der Waals surface area contributed by atoms with E-state index in [1.165, 1.54) is 5.56 Å². The molecule has 0 radical (unpaired) electrons. The van der Waals surface area contributed by atoms with Gasteiger partial charge >= 0.3 is 0 Å². The lowest BCUT2D eigenvalue weighted by atomic mass is 10.2. The standard InChI is InChI=1S/C15H22ClN3O/c1-2-6-17-11-12-3-4-14(13(16)10-12)19-8-5-15(20)18-7-9-19/h3-4,10,17H,2,5-9,11H2,1H3,(H,18,20). The van der Waals surface area contributed by atoms with E-state index in [2.05, 4.69) is 34.6 Å². The fourth-order valence-electron chi connectivity index (χ4n) is 2.33. The number of nitrogens with zero attached hydrogens (tertiary/aromatic N) is 1. The molecular weight excluding hydrogens is 274 g/mol. The predicted molar refractivity (Wildman–Crippen MR) is 83.3 cm³/mol. The van der Waals surface area contributed by atoms with E-state index in [4.69, 9.17) is 11.6 Å². The summed E-state index contributed by atoms with van der Waals surface area (Å²) in [6.45, 7) is 6.21. The first-order chi connectivity index (χ1) is 9.70. The van der Waals surface area contributed by atoms with Gasteiger partial charge in [-0.2, -0.15) is 0 Å². The highest BCUT2D eigenvalue weighted by molar-refractivity contribution is 6.33. The quantitative estimate of drug-likeness (QED) is 0.818. The Morgan fingerprint density at radius 1 is 1.40 bits per heavy atom. The second kappa shape index (κ2) is 7.50. The second-order valence-electron chi connectivity index (χ2n) is 5.05. The number of rotatable bonds is 5. The molecule has 0 bridgehead atoms. The molecule has 4 nitrogen and oxygen atoms in total. The molecule has 1 aliphatic rings. The van der Waals surface area contributed by atoms with Gasteiger partial charge in [0.1, 0.15) is 0 Å². The minimum atomic E-state index is 0.115. The maximum Gasteiger partial charge on any atom is 0.221 e. The van der Waals surface area contributed by atoms with Crippen LogP contribution in [0.4, 0.5) is 5.69 Å². The van der Waals surface area contributed by atoms with Gasteiger partial charge < -0.3 is 15.5 Å². The van der Waals surface area contributed by atoms with Gasteiger partial charge in [-0.15, -0.1) is 0 Å². The molecule has 0 aromatic heterocycles. The van der Waals surface area contributed by atoms with Crippen molar-refractivity contribution in [1.29, 1.82) is 0 Å². The third kappa shape index (κ3) is 4.12. The molecule has 1 fully saturated rings. The van der Waals surface area contributed by atoms with Gasteiger partial charge in [0.15, 0.2) is 0 Å². The predicted octanol–water partition coefficient (Wildman–Crippen LogP) is 2.17. The first kappa shape index (κ1) is 15.1. The first-order valence-corrected chi connectivity index (χ1v) is 7.59. The number of anilines is 1. The Hall–Kier alpha value is -1.26. The number of carbonyl (C=O) groups excluding carboxylic acids is 1. The molecular formula is C15H22ClN3O. The van der Waals surface area contributed by atoms with Crippen molar-refractivity contribution in [3.05, 3.63) is 28.8 Å². The van der Waals surface area contributed by atoms with Crippen LogP contribution in [0, 0.1) is 0 Å². The molecule has 1 amide bonds. The molecule has 0 atom stereocenters. The average Bonchev–Trinajstić information content (AvgIpc) is 2.64. The summed E-state index contributed by atoms with van der Waals surface area (Å²) in [5.41, 5.74) is 2.21. The minimum Gasteiger partial charge on any atom is -0.368 e. The van der Waals surface area contributed by atoms with E-state index in [1.54, 1.807) is 0 Å². The monoisotopic (exact) mass is 295 g/mol.